The molecule has 3 rings (SSSR count). The monoisotopic (exact) mass is 347 g/mol. The van der Waals surface area contributed by atoms with Gasteiger partial charge >= 0.3 is 8.25 Å². The highest BCUT2D eigenvalue weighted by Crippen LogP contribution is 2.37. The van der Waals surface area contributed by atoms with Crippen molar-refractivity contribution in [3.63, 3.8) is 0 Å². The number of nitrogens with zero attached hydrogens (tertiary/aromatic N) is 4. The Morgan fingerprint density at radius 2 is 2.26 bits per heavy atom. The minimum Gasteiger partial charge on any atom is -0.387 e. The normalized spacial score (nSPS) is 43.6. The van der Waals surface area contributed by atoms with E-state index in [1.165, 1.54) is 24.5 Å². The van der Waals surface area contributed by atoms with Gasteiger partial charge in [0.2, 0.25) is 0 Å². The Labute approximate surface area is 132 Å². The van der Waals surface area contributed by atoms with Crippen molar-refractivity contribution in [1.29, 1.82) is 0 Å². The van der Waals surface area contributed by atoms with Crippen LogP contribution >= 0.6 is 8.25 Å². The lowest BCUT2D eigenvalue weighted by Crippen LogP contribution is -2.51. The van der Waals surface area contributed by atoms with Crippen LogP contribution in [0.4, 0.5) is 0 Å². The molecular formula is C11H18N5O6P. The van der Waals surface area contributed by atoms with Crippen molar-refractivity contribution < 1.29 is 28.9 Å². The van der Waals surface area contributed by atoms with Crippen molar-refractivity contribution in [3.8, 4) is 0 Å². The summed E-state index contributed by atoms with van der Waals surface area (Å²) in [6.45, 7) is 1.14. The molecule has 11 nitrogen and oxygen atoms in total. The van der Waals surface area contributed by atoms with Crippen molar-refractivity contribution in [2.75, 3.05) is 6.61 Å². The molecule has 5 N–H and O–H groups in total. The number of amidine groups is 1. The van der Waals surface area contributed by atoms with E-state index >= 15 is 0 Å². The molecule has 3 aliphatic rings. The standard InChI is InChI=1S/C11H18N5O6P/c1-11(2-21-23(19)20)7(18)6(17)10(22-11)16-4-15-5-8(12)13-3-14-9(5)16/h3-7,9-10,17-18,23H,2H2,1H3,(H,19,20)(H2,12,13,14)/t5?,6?,7?,9?,10-,11-/m1/s1. The maximum absolute atomic E-state index is 10.7. The lowest BCUT2D eigenvalue weighted by Gasteiger charge is -2.32. The van der Waals surface area contributed by atoms with Gasteiger partial charge in [-0.25, -0.2) is 9.98 Å². The van der Waals surface area contributed by atoms with Crippen LogP contribution in [0.3, 0.4) is 0 Å². The summed E-state index contributed by atoms with van der Waals surface area (Å²) >= 11 is 0. The summed E-state index contributed by atoms with van der Waals surface area (Å²) in [5.74, 6) is 0.293. The third-order valence-electron chi connectivity index (χ3n) is 4.09. The summed E-state index contributed by atoms with van der Waals surface area (Å²) in [5, 5.41) is 20.5. The summed E-state index contributed by atoms with van der Waals surface area (Å²) in [4.78, 5) is 22.6. The van der Waals surface area contributed by atoms with E-state index in [-0.39, 0.29) is 6.61 Å². The molecule has 12 heteroatoms. The van der Waals surface area contributed by atoms with Gasteiger partial charge in [-0.05, 0) is 6.92 Å². The quantitative estimate of drug-likeness (QED) is 0.411. The second kappa shape index (κ2) is 5.93. The molecule has 0 amide bonds. The van der Waals surface area contributed by atoms with Crippen LogP contribution in [-0.4, -0.2) is 81.4 Å². The minimum absolute atomic E-state index is 0.293. The van der Waals surface area contributed by atoms with Crippen LogP contribution in [0.2, 0.25) is 0 Å². The number of hydrogen-bond donors (Lipinski definition) is 4. The molecule has 0 aromatic carbocycles. The topological polar surface area (TPSA) is 163 Å². The van der Waals surface area contributed by atoms with E-state index < -0.39 is 44.5 Å². The molecule has 0 aromatic rings. The number of nitrogens with two attached hydrogens (primary N) is 1. The highest BCUT2D eigenvalue weighted by Gasteiger charge is 2.55. The Hall–Kier alpha value is -1.36. The predicted molar refractivity (Wildman–Crippen MR) is 80.5 cm³/mol. The minimum atomic E-state index is -3.18. The maximum Gasteiger partial charge on any atom is 0.316 e. The fraction of sp³-hybridized carbons (Fsp3) is 0.727. The van der Waals surface area contributed by atoms with Crippen molar-refractivity contribution in [2.24, 2.45) is 20.7 Å². The number of hydrogen-bond acceptors (Lipinski definition) is 10. The number of aliphatic hydroxyl groups is 2. The molecule has 3 heterocycles. The first kappa shape index (κ1) is 16.5. The van der Waals surface area contributed by atoms with E-state index in [1.54, 1.807) is 0 Å². The van der Waals surface area contributed by atoms with Gasteiger partial charge in [0.05, 0.1) is 12.9 Å². The molecule has 0 bridgehead atoms. The first-order valence-corrected chi connectivity index (χ1v) is 8.15. The molecule has 1 saturated heterocycles. The molecular weight excluding hydrogens is 329 g/mol. The van der Waals surface area contributed by atoms with Gasteiger partial charge in [0.15, 0.2) is 12.4 Å². The number of aliphatic hydroxyl groups excluding tert-OH is 2. The van der Waals surface area contributed by atoms with Crippen molar-refractivity contribution >= 4 is 26.8 Å². The van der Waals surface area contributed by atoms with E-state index in [1.807, 2.05) is 0 Å². The Kier molecular flexibility index (Phi) is 4.25. The van der Waals surface area contributed by atoms with Gasteiger partial charge in [0, 0.05) is 0 Å². The lowest BCUT2D eigenvalue weighted by atomic mass is 9.98. The molecule has 0 radical (unpaired) electrons. The van der Waals surface area contributed by atoms with Gasteiger partial charge in [0.25, 0.3) is 0 Å². The average Bonchev–Trinajstić information content (AvgIpc) is 3.02. The molecule has 5 unspecified atom stereocenters. The van der Waals surface area contributed by atoms with Crippen molar-refractivity contribution in [3.05, 3.63) is 0 Å². The Bertz CT molecular complexity index is 599. The number of aliphatic imine (C=N–C) groups is 3. The van der Waals surface area contributed by atoms with Crippen LogP contribution in [0.1, 0.15) is 6.92 Å². The van der Waals surface area contributed by atoms with Crippen molar-refractivity contribution in [2.45, 2.75) is 43.2 Å². The Morgan fingerprint density at radius 3 is 2.96 bits per heavy atom. The van der Waals surface area contributed by atoms with E-state index in [2.05, 4.69) is 19.5 Å². The number of ether oxygens (including phenoxy) is 1. The molecule has 1 fully saturated rings. The van der Waals surface area contributed by atoms with Crippen LogP contribution in [0, 0.1) is 0 Å². The zero-order valence-electron chi connectivity index (χ0n) is 12.2. The molecule has 0 saturated carbocycles. The summed E-state index contributed by atoms with van der Waals surface area (Å²) in [7, 11) is -3.18. The molecule has 23 heavy (non-hydrogen) atoms. The molecule has 0 aromatic heterocycles. The van der Waals surface area contributed by atoms with Gasteiger partial charge in [-0.3, -0.25) is 9.56 Å². The average molecular weight is 347 g/mol. The second-order valence-corrected chi connectivity index (χ2v) is 6.52. The number of rotatable bonds is 4. The Balaban J connectivity index is 1.77. The zero-order chi connectivity index (χ0) is 16.8. The van der Waals surface area contributed by atoms with Crippen LogP contribution in [0.25, 0.3) is 0 Å². The highest BCUT2D eigenvalue weighted by molar-refractivity contribution is 7.32. The fourth-order valence-corrected chi connectivity index (χ4v) is 3.21. The zero-order valence-corrected chi connectivity index (χ0v) is 13.2. The van der Waals surface area contributed by atoms with Crippen molar-refractivity contribution in [1.82, 2.24) is 4.90 Å². The third kappa shape index (κ3) is 2.80. The van der Waals surface area contributed by atoms with E-state index in [9.17, 15) is 14.8 Å². The van der Waals surface area contributed by atoms with Gasteiger partial charge in [0.1, 0.15) is 36.0 Å². The highest BCUT2D eigenvalue weighted by atomic mass is 31.1. The SMILES string of the molecule is C[C@]1(CO[PH](=O)O)O[C@@H](N2C=NC3C(N)=NC=NC32)C(O)C1O. The summed E-state index contributed by atoms with van der Waals surface area (Å²) in [5.41, 5.74) is 4.41. The first-order valence-electron chi connectivity index (χ1n) is 6.89. The van der Waals surface area contributed by atoms with E-state index in [0.29, 0.717) is 5.84 Å². The lowest BCUT2D eigenvalue weighted by molar-refractivity contribution is -0.125. The molecule has 7 atom stereocenters. The molecule has 128 valence electrons. The summed E-state index contributed by atoms with van der Waals surface area (Å²) < 4.78 is 21.1. The van der Waals surface area contributed by atoms with Gasteiger partial charge in [-0.2, -0.15) is 0 Å². The summed E-state index contributed by atoms with van der Waals surface area (Å²) in [6, 6.07) is -0.482. The van der Waals surface area contributed by atoms with E-state index in [4.69, 9.17) is 15.4 Å². The second-order valence-electron chi connectivity index (χ2n) is 5.70. The van der Waals surface area contributed by atoms with Crippen LogP contribution in [-0.2, 0) is 13.8 Å². The smallest absolute Gasteiger partial charge is 0.316 e. The maximum atomic E-state index is 10.7. The van der Waals surface area contributed by atoms with Crippen LogP contribution in [0.5, 0.6) is 0 Å². The first-order chi connectivity index (χ1) is 10.8. The largest absolute Gasteiger partial charge is 0.387 e. The molecule has 3 aliphatic heterocycles. The molecule has 0 spiro atoms. The van der Waals surface area contributed by atoms with Crippen LogP contribution < -0.4 is 5.73 Å². The van der Waals surface area contributed by atoms with E-state index in [0.717, 1.165) is 0 Å². The number of fused-ring (bicyclic) bond motifs is 1. The predicted octanol–water partition coefficient (Wildman–Crippen LogP) is -2.34. The summed E-state index contributed by atoms with van der Waals surface area (Å²) in [6.07, 6.45) is -1.36. The van der Waals surface area contributed by atoms with Crippen LogP contribution in [0.15, 0.2) is 15.0 Å². The third-order valence-corrected chi connectivity index (χ3v) is 4.48. The molecule has 0 aliphatic carbocycles. The van der Waals surface area contributed by atoms with Gasteiger partial charge < -0.3 is 35.0 Å². The Morgan fingerprint density at radius 1 is 1.52 bits per heavy atom. The fourth-order valence-electron chi connectivity index (χ4n) is 2.80. The van der Waals surface area contributed by atoms with Gasteiger partial charge in [-0.1, -0.05) is 0 Å². The van der Waals surface area contributed by atoms with Gasteiger partial charge in [-0.15, -0.1) is 0 Å².